The maximum absolute atomic E-state index is 10.7. The second kappa shape index (κ2) is 64.7. The van der Waals surface area contributed by atoms with Gasteiger partial charge < -0.3 is 59.4 Å². The molecule has 0 amide bonds. The van der Waals surface area contributed by atoms with Crippen molar-refractivity contribution in [2.24, 2.45) is 0 Å². The van der Waals surface area contributed by atoms with E-state index in [4.69, 9.17) is 0 Å². The molecule has 0 bridgehead atoms. The van der Waals surface area contributed by atoms with Crippen molar-refractivity contribution in [3.63, 3.8) is 0 Å². The van der Waals surface area contributed by atoms with Crippen LogP contribution in [0, 0.1) is 0 Å². The van der Waals surface area contributed by atoms with Crippen molar-refractivity contribution < 1.29 is 59.4 Å². The summed E-state index contributed by atoms with van der Waals surface area (Å²) in [4.78, 5) is 62.9. The first kappa shape index (κ1) is 76.6. The minimum atomic E-state index is -1.48. The van der Waals surface area contributed by atoms with Gasteiger partial charge in [-0.1, -0.05) is 194 Å². The number of aliphatic carboxylic acids is 6. The molecule has 0 unspecified atom stereocenters. The van der Waals surface area contributed by atoms with E-state index in [1.165, 1.54) is 150 Å². The molecule has 0 atom stereocenters. The molecule has 0 aromatic carbocycles. The normalized spacial score (nSPS) is 11.1. The van der Waals surface area contributed by atoms with Gasteiger partial charge in [0.2, 0.25) is 0 Å². The van der Waals surface area contributed by atoms with E-state index in [2.05, 4.69) is 34.6 Å². The number of carbonyl (C=O) groups excluding carboxylic acids is 6. The van der Waals surface area contributed by atoms with Gasteiger partial charge in [-0.15, -0.1) is 0 Å². The molecule has 0 rings (SSSR count). The summed E-state index contributed by atoms with van der Waals surface area (Å²) >= 11 is 3.37. The second-order valence-electron chi connectivity index (χ2n) is 17.8. The molecule has 14 heteroatoms. The average Bonchev–Trinajstić information content (AvgIpc) is 3.30. The Kier molecular flexibility index (Phi) is 70.7. The SMILES string of the molecule is CCCCCCCCCCCC/C(=C/C(=O)[O-])C(=O)[O-].CCCCCCCCCCCC/C(=C/C(=O)[O-])C(=O)[O-].CCCCCCCCCCCC/C(=C/C(=O)[O-])C(=O)[O-].CCC[CH2][Sn+3].CCC[CH2][Sn+3]. The third-order valence-electron chi connectivity index (χ3n) is 11.1. The predicted molar refractivity (Wildman–Crippen MR) is 275 cm³/mol. The van der Waals surface area contributed by atoms with E-state index in [0.29, 0.717) is 37.5 Å². The first-order valence-corrected chi connectivity index (χ1v) is 31.3. The molecule has 0 N–H and O–H groups in total. The van der Waals surface area contributed by atoms with Crippen molar-refractivity contribution in [2.75, 3.05) is 0 Å². The Morgan fingerprint density at radius 2 is 0.429 bits per heavy atom. The molecule has 0 aliphatic carbocycles. The van der Waals surface area contributed by atoms with Crippen LogP contribution in [0.3, 0.4) is 0 Å². The molecule has 0 aromatic heterocycles. The van der Waals surface area contributed by atoms with Gasteiger partial charge in [-0.05, 0) is 73.5 Å². The van der Waals surface area contributed by atoms with E-state index in [1.54, 1.807) is 45.0 Å². The number of rotatable bonds is 43. The van der Waals surface area contributed by atoms with E-state index in [9.17, 15) is 59.4 Å². The summed E-state index contributed by atoms with van der Waals surface area (Å²) in [5.74, 6) is -8.66. The summed E-state index contributed by atoms with van der Waals surface area (Å²) in [5.41, 5.74) is -0.529. The average molecular weight is 1200 g/mol. The zero-order chi connectivity index (χ0) is 53.9. The zero-order valence-electron chi connectivity index (χ0n) is 44.7. The topological polar surface area (TPSA) is 241 Å². The van der Waals surface area contributed by atoms with Gasteiger partial charge in [-0.2, -0.15) is 0 Å². The fraction of sp³-hybridized carbons (Fsp3) is 0.786. The Morgan fingerprint density at radius 3 is 0.543 bits per heavy atom. The molecule has 400 valence electrons. The molecule has 0 heterocycles. The van der Waals surface area contributed by atoms with E-state index in [0.717, 1.165) is 57.8 Å². The van der Waals surface area contributed by atoms with Gasteiger partial charge in [0.1, 0.15) is 0 Å². The van der Waals surface area contributed by atoms with E-state index < -0.39 is 35.8 Å². The Hall–Kier alpha value is -2.36. The van der Waals surface area contributed by atoms with Crippen LogP contribution in [0.5, 0.6) is 0 Å². The molecule has 0 fully saturated rings. The van der Waals surface area contributed by atoms with Crippen molar-refractivity contribution in [3.8, 4) is 0 Å². The monoisotopic (exact) mass is 1200 g/mol. The first-order valence-electron chi connectivity index (χ1n) is 27.2. The summed E-state index contributed by atoms with van der Waals surface area (Å²) in [7, 11) is 0. The van der Waals surface area contributed by atoms with E-state index >= 15 is 0 Å². The third kappa shape index (κ3) is 72.2. The van der Waals surface area contributed by atoms with Crippen molar-refractivity contribution in [1.82, 2.24) is 0 Å². The molecule has 12 nitrogen and oxygen atoms in total. The van der Waals surface area contributed by atoms with Gasteiger partial charge in [-0.3, -0.25) is 0 Å². The number of carboxylic acid groups (broad SMARTS) is 6. The molecule has 0 saturated heterocycles. The Labute approximate surface area is 453 Å². The standard InChI is InChI=1S/3C16H28O4.2C4H9.2Sn/c3*1-2-3-4-5-6-7-8-9-10-11-12-14(16(19)20)13-15(17)18;2*1-3-4-2;;/h3*13H,2-12H2,1H3,(H,17,18)(H,19,20);2*1,3-4H2,2H3;;/q;;;;;2*+3/p-6/b3*14-13-;;;;. The fourth-order valence-corrected chi connectivity index (χ4v) is 8.91. The summed E-state index contributed by atoms with van der Waals surface area (Å²) in [6.45, 7) is 11.1. The summed E-state index contributed by atoms with van der Waals surface area (Å²) < 4.78 is 2.87. The van der Waals surface area contributed by atoms with E-state index in [-0.39, 0.29) is 36.0 Å². The number of carbonyl (C=O) groups is 6. The predicted octanol–water partition coefficient (Wildman–Crippen LogP) is 7.92. The van der Waals surface area contributed by atoms with Crippen LogP contribution in [-0.4, -0.2) is 80.9 Å². The molecular formula is C56H96O12Sn2. The summed E-state index contributed by atoms with van der Waals surface area (Å²) in [6, 6.07) is 0. The van der Waals surface area contributed by atoms with Crippen LogP contribution in [0.2, 0.25) is 8.87 Å². The molecule has 0 spiro atoms. The number of carboxylic acids is 6. The number of hydrogen-bond donors (Lipinski definition) is 0. The van der Waals surface area contributed by atoms with Crippen molar-refractivity contribution in [2.45, 2.75) is 281 Å². The first-order chi connectivity index (χ1) is 33.6. The molecule has 0 aliphatic rings. The van der Waals surface area contributed by atoms with Crippen LogP contribution in [0.15, 0.2) is 34.9 Å². The van der Waals surface area contributed by atoms with Crippen molar-refractivity contribution in [1.29, 1.82) is 0 Å². The third-order valence-corrected chi connectivity index (χ3v) is 13.1. The summed E-state index contributed by atoms with van der Waals surface area (Å²) in [5, 5.41) is 62.9. The number of unbranched alkanes of at least 4 members (excludes halogenated alkanes) is 29. The zero-order valence-corrected chi connectivity index (χ0v) is 50.4. The molecule has 70 heavy (non-hydrogen) atoms. The quantitative estimate of drug-likeness (QED) is 0.0321. The van der Waals surface area contributed by atoms with Gasteiger partial charge in [0.25, 0.3) is 0 Å². The van der Waals surface area contributed by atoms with Gasteiger partial charge in [0, 0.05) is 0 Å². The maximum atomic E-state index is 10.7. The molecule has 0 saturated carbocycles. The van der Waals surface area contributed by atoms with Crippen LogP contribution in [0.1, 0.15) is 272 Å². The Morgan fingerprint density at radius 1 is 0.271 bits per heavy atom. The van der Waals surface area contributed by atoms with Crippen molar-refractivity contribution in [3.05, 3.63) is 34.9 Å². The Balaban J connectivity index is -0.000000274. The molecular weight excluding hydrogens is 1100 g/mol. The van der Waals surface area contributed by atoms with Crippen LogP contribution < -0.4 is 30.6 Å². The van der Waals surface area contributed by atoms with Crippen LogP contribution >= 0.6 is 0 Å². The second-order valence-corrected chi connectivity index (χ2v) is 20.7. The van der Waals surface area contributed by atoms with Crippen LogP contribution in [0.25, 0.3) is 0 Å². The van der Waals surface area contributed by atoms with E-state index in [1.807, 2.05) is 0 Å². The Bertz CT molecular complexity index is 1170. The van der Waals surface area contributed by atoms with Gasteiger partial charge in [-0.25, -0.2) is 0 Å². The van der Waals surface area contributed by atoms with Crippen LogP contribution in [0.4, 0.5) is 0 Å². The van der Waals surface area contributed by atoms with Gasteiger partial charge in [0.05, 0.1) is 35.8 Å². The molecule has 0 aromatic rings. The molecule has 0 aliphatic heterocycles. The molecule has 0 radical (unpaired) electrons. The van der Waals surface area contributed by atoms with Gasteiger partial charge >= 0.3 is 93.5 Å². The summed E-state index contributed by atoms with van der Waals surface area (Å²) in [6.07, 6.45) is 42.8. The fourth-order valence-electron chi connectivity index (χ4n) is 6.89. The van der Waals surface area contributed by atoms with Crippen molar-refractivity contribution >= 4 is 80.9 Å². The number of hydrogen-bond acceptors (Lipinski definition) is 12. The van der Waals surface area contributed by atoms with Crippen LogP contribution in [-0.2, 0) is 28.8 Å². The van der Waals surface area contributed by atoms with Gasteiger partial charge in [0.15, 0.2) is 0 Å². The minimum absolute atomic E-state index is 0.176.